The number of rotatable bonds is 6. The summed E-state index contributed by atoms with van der Waals surface area (Å²) in [5, 5.41) is 9.23. The maximum Gasteiger partial charge on any atom is 0.308 e. The van der Waals surface area contributed by atoms with Gasteiger partial charge in [0.05, 0.1) is 18.1 Å². The Bertz CT molecular complexity index is 693. The average molecular weight is 371 g/mol. The Morgan fingerprint density at radius 3 is 2.72 bits per heavy atom. The number of nitrogens with zero attached hydrogens (tertiary/aromatic N) is 1. The maximum atomic E-state index is 12.7. The molecule has 1 aliphatic heterocycles. The van der Waals surface area contributed by atoms with Crippen molar-refractivity contribution in [1.82, 2.24) is 4.90 Å². The minimum Gasteiger partial charge on any atom is -0.493 e. The van der Waals surface area contributed by atoms with Gasteiger partial charge in [0, 0.05) is 18.7 Å². The van der Waals surface area contributed by atoms with Gasteiger partial charge >= 0.3 is 5.97 Å². The first-order chi connectivity index (χ1) is 11.8. The van der Waals surface area contributed by atoms with Crippen molar-refractivity contribution in [2.75, 3.05) is 26.8 Å². The Morgan fingerprint density at radius 2 is 2.12 bits per heavy atom. The number of carbonyl (C=O) groups excluding carboxylic acids is 2. The number of methoxy groups -OCH3 is 1. The molecule has 1 saturated heterocycles. The molecule has 0 unspecified atom stereocenters. The highest BCUT2D eigenvalue weighted by Crippen LogP contribution is 2.37. The summed E-state index contributed by atoms with van der Waals surface area (Å²) in [5.74, 6) is -2.21. The Hall–Kier alpha value is -2.48. The van der Waals surface area contributed by atoms with Gasteiger partial charge in [0.1, 0.15) is 0 Å². The lowest BCUT2D eigenvalue weighted by Gasteiger charge is -2.31. The van der Waals surface area contributed by atoms with Gasteiger partial charge in [-0.05, 0) is 25.0 Å². The molecule has 1 heterocycles. The first-order valence-corrected chi connectivity index (χ1v) is 8.02. The molecule has 0 radical (unpaired) electrons. The van der Waals surface area contributed by atoms with Crippen LogP contribution in [0.15, 0.2) is 12.1 Å². The van der Waals surface area contributed by atoms with Crippen LogP contribution in [0, 0.1) is 5.92 Å². The SMILES string of the molecule is COc1cc(C(=O)N2CCC[C@H](C(=O)O)C2)cc(Cl)c1OCC(N)=O. The van der Waals surface area contributed by atoms with Gasteiger partial charge in [-0.3, -0.25) is 14.4 Å². The van der Waals surface area contributed by atoms with Crippen LogP contribution in [0.5, 0.6) is 11.5 Å². The number of nitrogens with two attached hydrogens (primary N) is 1. The smallest absolute Gasteiger partial charge is 0.308 e. The summed E-state index contributed by atoms with van der Waals surface area (Å²) in [4.78, 5) is 36.2. The summed E-state index contributed by atoms with van der Waals surface area (Å²) in [7, 11) is 1.37. The molecule has 2 rings (SSSR count). The second-order valence-corrected chi connectivity index (χ2v) is 6.08. The molecule has 0 saturated carbocycles. The van der Waals surface area contributed by atoms with Crippen molar-refractivity contribution in [3.8, 4) is 11.5 Å². The number of likely N-dealkylation sites (tertiary alicyclic amines) is 1. The second-order valence-electron chi connectivity index (χ2n) is 5.67. The second kappa shape index (κ2) is 8.06. The van der Waals surface area contributed by atoms with Gasteiger partial charge in [-0.2, -0.15) is 0 Å². The van der Waals surface area contributed by atoms with Gasteiger partial charge < -0.3 is 25.2 Å². The van der Waals surface area contributed by atoms with Gasteiger partial charge in [-0.1, -0.05) is 11.6 Å². The molecule has 25 heavy (non-hydrogen) atoms. The van der Waals surface area contributed by atoms with Crippen LogP contribution in [-0.2, 0) is 9.59 Å². The summed E-state index contributed by atoms with van der Waals surface area (Å²) in [5.41, 5.74) is 5.29. The number of carbonyl (C=O) groups is 3. The number of amides is 2. The summed E-state index contributed by atoms with van der Waals surface area (Å²) >= 11 is 6.14. The van der Waals surface area contributed by atoms with Crippen LogP contribution in [0.3, 0.4) is 0 Å². The fourth-order valence-corrected chi connectivity index (χ4v) is 2.94. The Balaban J connectivity index is 2.23. The highest BCUT2D eigenvalue weighted by Gasteiger charge is 2.29. The van der Waals surface area contributed by atoms with E-state index in [9.17, 15) is 14.4 Å². The summed E-state index contributed by atoms with van der Waals surface area (Å²) < 4.78 is 10.4. The highest BCUT2D eigenvalue weighted by atomic mass is 35.5. The van der Waals surface area contributed by atoms with Crippen LogP contribution in [0.1, 0.15) is 23.2 Å². The maximum absolute atomic E-state index is 12.7. The zero-order chi connectivity index (χ0) is 18.6. The number of hydrogen-bond acceptors (Lipinski definition) is 5. The molecule has 0 spiro atoms. The number of benzene rings is 1. The Labute approximate surface area is 149 Å². The Morgan fingerprint density at radius 1 is 1.40 bits per heavy atom. The molecule has 136 valence electrons. The van der Waals surface area contributed by atoms with E-state index in [0.29, 0.717) is 19.4 Å². The zero-order valence-electron chi connectivity index (χ0n) is 13.7. The molecule has 8 nitrogen and oxygen atoms in total. The van der Waals surface area contributed by atoms with Crippen molar-refractivity contribution in [1.29, 1.82) is 0 Å². The summed E-state index contributed by atoms with van der Waals surface area (Å²) in [6.07, 6.45) is 1.16. The quantitative estimate of drug-likeness (QED) is 0.775. The standard InChI is InChI=1S/C16H19ClN2O6/c1-24-12-6-10(5-11(17)14(12)25-8-13(18)20)15(21)19-4-2-3-9(7-19)16(22)23/h5-6,9H,2-4,7-8H2,1H3,(H2,18,20)(H,22,23)/t9-/m0/s1. The van der Waals surface area contributed by atoms with Crippen molar-refractivity contribution in [2.24, 2.45) is 11.7 Å². The van der Waals surface area contributed by atoms with E-state index >= 15 is 0 Å². The molecule has 3 N–H and O–H groups in total. The first-order valence-electron chi connectivity index (χ1n) is 7.64. The Kier molecular flexibility index (Phi) is 6.08. The van der Waals surface area contributed by atoms with Crippen LogP contribution in [-0.4, -0.2) is 54.6 Å². The molecule has 1 atom stereocenters. The lowest BCUT2D eigenvalue weighted by Crippen LogP contribution is -2.42. The lowest BCUT2D eigenvalue weighted by molar-refractivity contribution is -0.143. The van der Waals surface area contributed by atoms with E-state index in [1.54, 1.807) is 0 Å². The minimum absolute atomic E-state index is 0.0933. The van der Waals surface area contributed by atoms with E-state index in [1.807, 2.05) is 0 Å². The predicted molar refractivity (Wildman–Crippen MR) is 89.0 cm³/mol. The monoisotopic (exact) mass is 370 g/mol. The van der Waals surface area contributed by atoms with E-state index in [-0.39, 0.29) is 41.1 Å². The van der Waals surface area contributed by atoms with E-state index in [1.165, 1.54) is 24.1 Å². The van der Waals surface area contributed by atoms with E-state index in [2.05, 4.69) is 0 Å². The highest BCUT2D eigenvalue weighted by molar-refractivity contribution is 6.32. The molecule has 0 aliphatic carbocycles. The van der Waals surface area contributed by atoms with Crippen LogP contribution >= 0.6 is 11.6 Å². The largest absolute Gasteiger partial charge is 0.493 e. The molecule has 1 fully saturated rings. The number of primary amides is 1. The third kappa shape index (κ3) is 4.54. The third-order valence-corrected chi connectivity index (χ3v) is 4.17. The van der Waals surface area contributed by atoms with Crippen molar-refractivity contribution in [3.05, 3.63) is 22.7 Å². The zero-order valence-corrected chi connectivity index (χ0v) is 14.4. The average Bonchev–Trinajstić information content (AvgIpc) is 2.59. The molecule has 2 amide bonds. The van der Waals surface area contributed by atoms with Crippen molar-refractivity contribution in [2.45, 2.75) is 12.8 Å². The molecule has 1 aromatic carbocycles. The fourth-order valence-electron chi connectivity index (χ4n) is 2.67. The van der Waals surface area contributed by atoms with Crippen LogP contribution in [0.4, 0.5) is 0 Å². The van der Waals surface area contributed by atoms with Gasteiger partial charge in [-0.25, -0.2) is 0 Å². The van der Waals surface area contributed by atoms with Crippen LogP contribution in [0.25, 0.3) is 0 Å². The van der Waals surface area contributed by atoms with Crippen molar-refractivity contribution in [3.63, 3.8) is 0 Å². The van der Waals surface area contributed by atoms with Crippen LogP contribution in [0.2, 0.25) is 5.02 Å². The van der Waals surface area contributed by atoms with Crippen molar-refractivity contribution < 1.29 is 29.0 Å². The number of piperidine rings is 1. The van der Waals surface area contributed by atoms with Gasteiger partial charge in [-0.15, -0.1) is 0 Å². The summed E-state index contributed by atoms with van der Waals surface area (Å²) in [6.45, 7) is 0.242. The lowest BCUT2D eigenvalue weighted by atomic mass is 9.97. The first kappa shape index (κ1) is 18.9. The number of ether oxygens (including phenoxy) is 2. The molecule has 1 aromatic rings. The van der Waals surface area contributed by atoms with Gasteiger partial charge in [0.2, 0.25) is 0 Å². The summed E-state index contributed by atoms with van der Waals surface area (Å²) in [6, 6.07) is 2.84. The molecule has 1 aliphatic rings. The fraction of sp³-hybridized carbons (Fsp3) is 0.438. The van der Waals surface area contributed by atoms with Gasteiger partial charge in [0.25, 0.3) is 11.8 Å². The van der Waals surface area contributed by atoms with E-state index in [0.717, 1.165) is 0 Å². The third-order valence-electron chi connectivity index (χ3n) is 3.89. The van der Waals surface area contributed by atoms with Crippen LogP contribution < -0.4 is 15.2 Å². The molecule has 0 bridgehead atoms. The van der Waals surface area contributed by atoms with E-state index < -0.39 is 17.8 Å². The normalized spacial score (nSPS) is 17.0. The minimum atomic E-state index is -0.914. The number of carboxylic acids is 1. The molecule has 0 aromatic heterocycles. The number of carboxylic acid groups (broad SMARTS) is 1. The topological polar surface area (TPSA) is 119 Å². The number of halogens is 1. The molecular weight excluding hydrogens is 352 g/mol. The van der Waals surface area contributed by atoms with Crippen molar-refractivity contribution >= 4 is 29.4 Å². The molecular formula is C16H19ClN2O6. The molecule has 9 heteroatoms. The number of hydrogen-bond donors (Lipinski definition) is 2. The number of aliphatic carboxylic acids is 1. The van der Waals surface area contributed by atoms with Gasteiger partial charge in [0.15, 0.2) is 18.1 Å². The van der Waals surface area contributed by atoms with E-state index in [4.69, 9.17) is 31.9 Å². The predicted octanol–water partition coefficient (Wildman–Crippen LogP) is 1.15.